The lowest BCUT2D eigenvalue weighted by Crippen LogP contribution is -2.26. The Hall–Kier alpha value is -1.75. The van der Waals surface area contributed by atoms with Gasteiger partial charge in [-0.2, -0.15) is 5.26 Å². The van der Waals surface area contributed by atoms with Crippen molar-refractivity contribution < 1.29 is 4.43 Å². The van der Waals surface area contributed by atoms with Crippen LogP contribution in [0.1, 0.15) is 42.9 Å². The fourth-order valence-corrected chi connectivity index (χ4v) is 3.90. The van der Waals surface area contributed by atoms with Crippen LogP contribution in [0.3, 0.4) is 0 Å². The number of aryl methyl sites for hydroxylation is 1. The smallest absolute Gasteiger partial charge is 0.205 e. The molecule has 0 aliphatic carbocycles. The number of thiazole rings is 1. The second kappa shape index (κ2) is 7.43. The van der Waals surface area contributed by atoms with Crippen molar-refractivity contribution in [2.45, 2.75) is 46.9 Å². The van der Waals surface area contributed by atoms with Gasteiger partial charge in [0.2, 0.25) is 9.04 Å². The average molecular weight is 360 g/mol. The normalized spacial score (nSPS) is 12.9. The number of hydrogen-bond acceptors (Lipinski definition) is 6. The van der Waals surface area contributed by atoms with Gasteiger partial charge in [-0.25, -0.2) is 9.97 Å². The highest BCUT2D eigenvalue weighted by molar-refractivity contribution is 7.16. The van der Waals surface area contributed by atoms with Gasteiger partial charge in [0.1, 0.15) is 16.8 Å². The SMILES string of the molecule is Cc1cnc(Nc2ncc(C#N)s2)cc1C(O[Si](C)C)C(C)(C)C. The van der Waals surface area contributed by atoms with E-state index in [-0.39, 0.29) is 11.5 Å². The molecule has 0 bridgehead atoms. The summed E-state index contributed by atoms with van der Waals surface area (Å²) in [7, 11) is -0.837. The molecule has 24 heavy (non-hydrogen) atoms. The van der Waals surface area contributed by atoms with E-state index in [0.29, 0.717) is 15.8 Å². The first kappa shape index (κ1) is 18.6. The fourth-order valence-electron chi connectivity index (χ4n) is 2.33. The zero-order valence-electron chi connectivity index (χ0n) is 15.0. The first-order valence-electron chi connectivity index (χ1n) is 7.77. The Morgan fingerprint density at radius 2 is 2.00 bits per heavy atom. The van der Waals surface area contributed by atoms with Crippen molar-refractivity contribution in [1.82, 2.24) is 9.97 Å². The van der Waals surface area contributed by atoms with Gasteiger partial charge in [-0.3, -0.25) is 0 Å². The Labute approximate surface area is 149 Å². The zero-order valence-corrected chi connectivity index (χ0v) is 16.8. The summed E-state index contributed by atoms with van der Waals surface area (Å²) in [5, 5.41) is 12.8. The predicted molar refractivity (Wildman–Crippen MR) is 99.8 cm³/mol. The van der Waals surface area contributed by atoms with Gasteiger partial charge in [-0.15, -0.1) is 0 Å². The largest absolute Gasteiger partial charge is 0.410 e. The van der Waals surface area contributed by atoms with Gasteiger partial charge in [0.05, 0.1) is 12.3 Å². The number of hydrogen-bond donors (Lipinski definition) is 1. The highest BCUT2D eigenvalue weighted by atomic mass is 32.1. The van der Waals surface area contributed by atoms with E-state index >= 15 is 0 Å². The predicted octanol–water partition coefficient (Wildman–Crippen LogP) is 4.82. The van der Waals surface area contributed by atoms with E-state index in [1.807, 2.05) is 12.3 Å². The van der Waals surface area contributed by atoms with Crippen LogP contribution in [0.15, 0.2) is 18.5 Å². The van der Waals surface area contributed by atoms with E-state index in [4.69, 9.17) is 9.69 Å². The van der Waals surface area contributed by atoms with Crippen LogP contribution < -0.4 is 5.32 Å². The molecule has 2 rings (SSSR count). The van der Waals surface area contributed by atoms with Gasteiger partial charge in [0.15, 0.2) is 5.13 Å². The van der Waals surface area contributed by atoms with E-state index in [1.54, 1.807) is 6.20 Å². The van der Waals surface area contributed by atoms with Crippen molar-refractivity contribution in [3.05, 3.63) is 34.5 Å². The molecular weight excluding hydrogens is 336 g/mol. The summed E-state index contributed by atoms with van der Waals surface area (Å²) in [6.07, 6.45) is 3.43. The van der Waals surface area contributed by atoms with E-state index in [1.165, 1.54) is 11.3 Å². The molecule has 2 aromatic heterocycles. The monoisotopic (exact) mass is 359 g/mol. The summed E-state index contributed by atoms with van der Waals surface area (Å²) in [6.45, 7) is 12.9. The number of pyridine rings is 1. The standard InChI is InChI=1S/C17H23N4OSSi/c1-11-9-19-14(21-16-20-10-12(8-18)23-16)7-13(11)15(17(2,3)4)22-24(5)6/h7,9-10,15H,1-6H3,(H,19,20,21). The van der Waals surface area contributed by atoms with Crippen LogP contribution >= 0.6 is 11.3 Å². The number of anilines is 2. The average Bonchev–Trinajstić information content (AvgIpc) is 2.93. The third-order valence-corrected chi connectivity index (χ3v) is 4.94. The molecule has 7 heteroatoms. The number of aromatic nitrogens is 2. The maximum atomic E-state index is 8.91. The summed E-state index contributed by atoms with van der Waals surface area (Å²) in [6, 6.07) is 4.12. The topological polar surface area (TPSA) is 70.8 Å². The molecule has 1 atom stereocenters. The number of rotatable bonds is 5. The molecule has 0 amide bonds. The lowest BCUT2D eigenvalue weighted by atomic mass is 9.83. The third kappa shape index (κ3) is 4.63. The zero-order chi connectivity index (χ0) is 17.9. The Kier molecular flexibility index (Phi) is 5.75. The Morgan fingerprint density at radius 3 is 2.54 bits per heavy atom. The summed E-state index contributed by atoms with van der Waals surface area (Å²) >= 11 is 1.31. The molecule has 0 spiro atoms. The van der Waals surface area contributed by atoms with Crippen LogP contribution in [0.25, 0.3) is 0 Å². The van der Waals surface area contributed by atoms with Crippen molar-refractivity contribution >= 4 is 31.3 Å². The molecule has 0 aliphatic heterocycles. The van der Waals surface area contributed by atoms with Gasteiger partial charge in [0.25, 0.3) is 0 Å². The Bertz CT molecular complexity index is 746. The van der Waals surface area contributed by atoms with E-state index in [0.717, 1.165) is 11.1 Å². The summed E-state index contributed by atoms with van der Waals surface area (Å²) < 4.78 is 6.30. The van der Waals surface area contributed by atoms with Crippen LogP contribution in [-0.2, 0) is 4.43 Å². The van der Waals surface area contributed by atoms with E-state index in [9.17, 15) is 0 Å². The fraction of sp³-hybridized carbons (Fsp3) is 0.471. The second-order valence-electron chi connectivity index (χ2n) is 6.96. The summed E-state index contributed by atoms with van der Waals surface area (Å²) in [4.78, 5) is 9.21. The lowest BCUT2D eigenvalue weighted by Gasteiger charge is -2.33. The van der Waals surface area contributed by atoms with Gasteiger partial charge in [-0.05, 0) is 42.6 Å². The van der Waals surface area contributed by atoms with Crippen LogP contribution in [0.5, 0.6) is 0 Å². The van der Waals surface area contributed by atoms with Crippen molar-refractivity contribution in [2.24, 2.45) is 5.41 Å². The lowest BCUT2D eigenvalue weighted by molar-refractivity contribution is 0.0860. The van der Waals surface area contributed by atoms with Crippen LogP contribution in [-0.4, -0.2) is 19.0 Å². The van der Waals surface area contributed by atoms with Crippen molar-refractivity contribution in [3.8, 4) is 6.07 Å². The molecule has 1 radical (unpaired) electrons. The van der Waals surface area contributed by atoms with E-state index in [2.05, 4.69) is 62.1 Å². The minimum atomic E-state index is -0.837. The van der Waals surface area contributed by atoms with Gasteiger partial charge in [0, 0.05) is 6.20 Å². The Morgan fingerprint density at radius 1 is 1.29 bits per heavy atom. The van der Waals surface area contributed by atoms with Gasteiger partial charge in [-0.1, -0.05) is 32.1 Å². The highest BCUT2D eigenvalue weighted by Crippen LogP contribution is 2.39. The Balaban J connectivity index is 2.34. The maximum absolute atomic E-state index is 8.91. The molecule has 0 aromatic carbocycles. The maximum Gasteiger partial charge on any atom is 0.205 e. The van der Waals surface area contributed by atoms with Crippen molar-refractivity contribution in [3.63, 3.8) is 0 Å². The summed E-state index contributed by atoms with van der Waals surface area (Å²) in [5.74, 6) is 0.716. The molecule has 1 N–H and O–H groups in total. The quantitative estimate of drug-likeness (QED) is 0.775. The molecular formula is C17H23N4OSSi. The van der Waals surface area contributed by atoms with Crippen LogP contribution in [0.2, 0.25) is 13.1 Å². The van der Waals surface area contributed by atoms with Crippen LogP contribution in [0.4, 0.5) is 10.9 Å². The first-order chi connectivity index (χ1) is 11.2. The van der Waals surface area contributed by atoms with Crippen molar-refractivity contribution in [1.29, 1.82) is 5.26 Å². The molecule has 2 heterocycles. The number of nitriles is 1. The summed E-state index contributed by atoms with van der Waals surface area (Å²) in [5.41, 5.74) is 2.24. The molecule has 1 unspecified atom stereocenters. The highest BCUT2D eigenvalue weighted by Gasteiger charge is 2.29. The molecule has 0 fully saturated rings. The second-order valence-corrected chi connectivity index (χ2v) is 10.0. The van der Waals surface area contributed by atoms with Crippen LogP contribution in [0, 0.1) is 23.7 Å². The number of nitrogens with zero attached hydrogens (tertiary/aromatic N) is 3. The van der Waals surface area contributed by atoms with Crippen molar-refractivity contribution in [2.75, 3.05) is 5.32 Å². The molecule has 2 aromatic rings. The first-order valence-corrected chi connectivity index (χ1v) is 11.0. The molecule has 0 saturated heterocycles. The van der Waals surface area contributed by atoms with E-state index < -0.39 is 9.04 Å². The minimum Gasteiger partial charge on any atom is -0.410 e. The van der Waals surface area contributed by atoms with Gasteiger partial charge < -0.3 is 9.74 Å². The molecule has 0 saturated carbocycles. The van der Waals surface area contributed by atoms with Gasteiger partial charge >= 0.3 is 0 Å². The molecule has 127 valence electrons. The molecule has 0 aliphatic rings. The third-order valence-electron chi connectivity index (χ3n) is 3.42. The number of nitrogens with one attached hydrogen (secondary N) is 1. The minimum absolute atomic E-state index is 0.0101. The molecule has 5 nitrogen and oxygen atoms in total.